The van der Waals surface area contributed by atoms with E-state index in [1.165, 1.54) is 30.5 Å². The molecule has 0 spiro atoms. The zero-order valence-electron chi connectivity index (χ0n) is 10.6. The summed E-state index contributed by atoms with van der Waals surface area (Å²) in [6, 6.07) is 0. The van der Waals surface area contributed by atoms with E-state index in [4.69, 9.17) is 4.74 Å². The Bertz CT molecular complexity index is 426. The third kappa shape index (κ3) is 2.48. The van der Waals surface area contributed by atoms with Gasteiger partial charge in [0, 0.05) is 11.9 Å². The van der Waals surface area contributed by atoms with Crippen molar-refractivity contribution in [3.8, 4) is 0 Å². The first-order chi connectivity index (χ1) is 8.24. The topological polar surface area (TPSA) is 39.2 Å². The first kappa shape index (κ1) is 12.1. The molecular formula is C14H19NO2. The number of ether oxygens (including phenoxy) is 1. The van der Waals surface area contributed by atoms with Crippen LogP contribution in [0, 0.1) is 6.92 Å². The predicted octanol–water partition coefficient (Wildman–Crippen LogP) is 2.84. The Labute approximate surface area is 102 Å². The zero-order chi connectivity index (χ0) is 12.3. The molecule has 92 valence electrons. The van der Waals surface area contributed by atoms with Crippen LogP contribution in [0.15, 0.2) is 6.20 Å². The van der Waals surface area contributed by atoms with Gasteiger partial charge in [0.2, 0.25) is 0 Å². The number of hydrogen-bond acceptors (Lipinski definition) is 3. The number of rotatable bonds is 2. The fourth-order valence-corrected chi connectivity index (χ4v) is 2.43. The fraction of sp³-hybridized carbons (Fsp3) is 0.571. The van der Waals surface area contributed by atoms with Gasteiger partial charge in [-0.25, -0.2) is 4.79 Å². The number of fused-ring (bicyclic) bond motifs is 1. The highest BCUT2D eigenvalue weighted by Crippen LogP contribution is 2.24. The summed E-state index contributed by atoms with van der Waals surface area (Å²) < 4.78 is 5.05. The lowest BCUT2D eigenvalue weighted by molar-refractivity contribution is 0.0525. The van der Waals surface area contributed by atoms with Gasteiger partial charge in [-0.05, 0) is 50.7 Å². The highest BCUT2D eigenvalue weighted by molar-refractivity contribution is 5.91. The van der Waals surface area contributed by atoms with Crippen LogP contribution >= 0.6 is 0 Å². The molecule has 0 bridgehead atoms. The van der Waals surface area contributed by atoms with Crippen molar-refractivity contribution in [2.45, 2.75) is 46.0 Å². The Morgan fingerprint density at radius 1 is 1.35 bits per heavy atom. The van der Waals surface area contributed by atoms with Crippen molar-refractivity contribution in [3.05, 3.63) is 28.6 Å². The number of nitrogens with zero attached hydrogens (tertiary/aromatic N) is 1. The first-order valence-electron chi connectivity index (χ1n) is 6.38. The minimum atomic E-state index is -0.246. The molecule has 17 heavy (non-hydrogen) atoms. The van der Waals surface area contributed by atoms with Gasteiger partial charge in [0.15, 0.2) is 0 Å². The van der Waals surface area contributed by atoms with Crippen molar-refractivity contribution < 1.29 is 9.53 Å². The lowest BCUT2D eigenvalue weighted by atomic mass is 9.99. The van der Waals surface area contributed by atoms with E-state index in [-0.39, 0.29) is 5.97 Å². The minimum absolute atomic E-state index is 0.246. The lowest BCUT2D eigenvalue weighted by Crippen LogP contribution is -2.11. The van der Waals surface area contributed by atoms with Gasteiger partial charge in [0.1, 0.15) is 0 Å². The first-order valence-corrected chi connectivity index (χ1v) is 6.38. The van der Waals surface area contributed by atoms with Gasteiger partial charge in [0.25, 0.3) is 0 Å². The fourth-order valence-electron chi connectivity index (χ4n) is 2.43. The van der Waals surface area contributed by atoms with Crippen LogP contribution in [-0.2, 0) is 17.6 Å². The highest BCUT2D eigenvalue weighted by atomic mass is 16.5. The van der Waals surface area contributed by atoms with Gasteiger partial charge < -0.3 is 4.74 Å². The van der Waals surface area contributed by atoms with Crippen LogP contribution in [0.4, 0.5) is 0 Å². The Balaban J connectivity index is 2.37. The zero-order valence-corrected chi connectivity index (χ0v) is 10.6. The summed E-state index contributed by atoms with van der Waals surface area (Å²) in [6.45, 7) is 4.25. The van der Waals surface area contributed by atoms with Gasteiger partial charge in [0.05, 0.1) is 12.2 Å². The summed E-state index contributed by atoms with van der Waals surface area (Å²) in [6.07, 6.45) is 7.42. The Hall–Kier alpha value is -1.38. The smallest absolute Gasteiger partial charge is 0.339 e. The number of carbonyl (C=O) groups excluding carboxylic acids is 1. The average Bonchev–Trinajstić information content (AvgIpc) is 2.55. The standard InChI is InChI=1S/C14H19NO2/c1-3-17-14(16)12-9-15-13-8-6-4-5-7-11(13)10(12)2/h9H,3-8H2,1-2H3. The molecule has 1 aliphatic rings. The normalized spacial score (nSPS) is 14.9. The second kappa shape index (κ2) is 5.30. The quantitative estimate of drug-likeness (QED) is 0.582. The molecule has 0 aliphatic heterocycles. The monoisotopic (exact) mass is 233 g/mol. The summed E-state index contributed by atoms with van der Waals surface area (Å²) >= 11 is 0. The molecule has 0 N–H and O–H groups in total. The molecule has 1 heterocycles. The van der Waals surface area contributed by atoms with Crippen LogP contribution in [-0.4, -0.2) is 17.6 Å². The summed E-state index contributed by atoms with van der Waals surface area (Å²) in [5.74, 6) is -0.246. The van der Waals surface area contributed by atoms with Gasteiger partial charge >= 0.3 is 5.97 Å². The van der Waals surface area contributed by atoms with Crippen molar-refractivity contribution in [2.75, 3.05) is 6.61 Å². The van der Waals surface area contributed by atoms with Crippen LogP contribution in [0.1, 0.15) is 53.4 Å². The maximum absolute atomic E-state index is 11.8. The molecule has 3 heteroatoms. The average molecular weight is 233 g/mol. The SMILES string of the molecule is CCOC(=O)c1cnc2c(c1C)CCCCC2. The maximum Gasteiger partial charge on any atom is 0.339 e. The van der Waals surface area contributed by atoms with Crippen molar-refractivity contribution in [2.24, 2.45) is 0 Å². The molecule has 3 nitrogen and oxygen atoms in total. The van der Waals surface area contributed by atoms with E-state index in [9.17, 15) is 4.79 Å². The third-order valence-electron chi connectivity index (χ3n) is 3.39. The van der Waals surface area contributed by atoms with E-state index >= 15 is 0 Å². The van der Waals surface area contributed by atoms with E-state index in [0.29, 0.717) is 12.2 Å². The van der Waals surface area contributed by atoms with Gasteiger partial charge in [-0.1, -0.05) is 6.42 Å². The number of hydrogen-bond donors (Lipinski definition) is 0. The molecule has 0 unspecified atom stereocenters. The van der Waals surface area contributed by atoms with E-state index < -0.39 is 0 Å². The Morgan fingerprint density at radius 3 is 2.88 bits per heavy atom. The van der Waals surface area contributed by atoms with Crippen LogP contribution in [0.25, 0.3) is 0 Å². The van der Waals surface area contributed by atoms with E-state index in [1.807, 2.05) is 13.8 Å². The predicted molar refractivity (Wildman–Crippen MR) is 66.2 cm³/mol. The molecule has 0 radical (unpaired) electrons. The van der Waals surface area contributed by atoms with Crippen LogP contribution in [0.2, 0.25) is 0 Å². The van der Waals surface area contributed by atoms with Crippen LogP contribution in [0.3, 0.4) is 0 Å². The maximum atomic E-state index is 11.8. The van der Waals surface area contributed by atoms with Crippen molar-refractivity contribution >= 4 is 5.97 Å². The van der Waals surface area contributed by atoms with Crippen molar-refractivity contribution in [1.82, 2.24) is 4.98 Å². The number of pyridine rings is 1. The Kier molecular flexibility index (Phi) is 3.77. The largest absolute Gasteiger partial charge is 0.462 e. The second-order valence-corrected chi connectivity index (χ2v) is 4.50. The molecule has 0 atom stereocenters. The molecule has 1 aliphatic carbocycles. The summed E-state index contributed by atoms with van der Waals surface area (Å²) in [4.78, 5) is 16.2. The molecule has 0 aromatic carbocycles. The summed E-state index contributed by atoms with van der Waals surface area (Å²) in [5.41, 5.74) is 4.14. The number of aryl methyl sites for hydroxylation is 1. The molecule has 0 saturated heterocycles. The van der Waals surface area contributed by atoms with E-state index in [2.05, 4.69) is 4.98 Å². The van der Waals surface area contributed by atoms with Gasteiger partial charge in [-0.2, -0.15) is 0 Å². The molecular weight excluding hydrogens is 214 g/mol. The van der Waals surface area contributed by atoms with Crippen molar-refractivity contribution in [3.63, 3.8) is 0 Å². The summed E-state index contributed by atoms with van der Waals surface area (Å²) in [5, 5.41) is 0. The molecule has 0 amide bonds. The molecule has 1 aromatic rings. The van der Waals surface area contributed by atoms with Gasteiger partial charge in [-0.15, -0.1) is 0 Å². The molecule has 1 aromatic heterocycles. The van der Waals surface area contributed by atoms with Crippen LogP contribution in [0.5, 0.6) is 0 Å². The lowest BCUT2D eigenvalue weighted by Gasteiger charge is -2.12. The highest BCUT2D eigenvalue weighted by Gasteiger charge is 2.18. The minimum Gasteiger partial charge on any atom is -0.462 e. The number of aromatic nitrogens is 1. The number of esters is 1. The van der Waals surface area contributed by atoms with Crippen LogP contribution < -0.4 is 0 Å². The number of carbonyl (C=O) groups is 1. The second-order valence-electron chi connectivity index (χ2n) is 4.50. The van der Waals surface area contributed by atoms with E-state index in [0.717, 1.165) is 18.4 Å². The summed E-state index contributed by atoms with van der Waals surface area (Å²) in [7, 11) is 0. The Morgan fingerprint density at radius 2 is 2.12 bits per heavy atom. The molecule has 0 fully saturated rings. The molecule has 2 rings (SSSR count). The van der Waals surface area contributed by atoms with Crippen molar-refractivity contribution in [1.29, 1.82) is 0 Å². The van der Waals surface area contributed by atoms with E-state index in [1.54, 1.807) is 6.20 Å². The van der Waals surface area contributed by atoms with Gasteiger partial charge in [-0.3, -0.25) is 4.98 Å². The molecule has 0 saturated carbocycles. The third-order valence-corrected chi connectivity index (χ3v) is 3.39.